The first kappa shape index (κ1) is 12.5. The molecule has 0 bridgehead atoms. The minimum Gasteiger partial charge on any atom is -0.373 e. The lowest BCUT2D eigenvalue weighted by Crippen LogP contribution is -1.99. The number of para-hydroxylation sites is 1. The summed E-state index contributed by atoms with van der Waals surface area (Å²) in [6.07, 6.45) is 0. The van der Waals surface area contributed by atoms with Crippen molar-refractivity contribution in [3.05, 3.63) is 53.8 Å². The Morgan fingerprint density at radius 1 is 1.05 bits per heavy atom. The van der Waals surface area contributed by atoms with E-state index in [1.54, 1.807) is 6.07 Å². The summed E-state index contributed by atoms with van der Waals surface area (Å²) in [6.45, 7) is 1.86. The number of anilines is 1. The van der Waals surface area contributed by atoms with Gasteiger partial charge in [0, 0.05) is 18.0 Å². The molecule has 2 aromatic carbocycles. The summed E-state index contributed by atoms with van der Waals surface area (Å²) < 4.78 is 13.2. The van der Waals surface area contributed by atoms with Gasteiger partial charge in [-0.05, 0) is 42.8 Å². The van der Waals surface area contributed by atoms with Crippen LogP contribution < -0.4 is 5.32 Å². The highest BCUT2D eigenvalue weighted by Gasteiger charge is 2.10. The van der Waals surface area contributed by atoms with E-state index in [2.05, 4.69) is 15.3 Å². The van der Waals surface area contributed by atoms with Crippen LogP contribution in [0.15, 0.2) is 42.5 Å². The minimum atomic E-state index is -0.249. The number of halogens is 1. The van der Waals surface area contributed by atoms with Gasteiger partial charge in [-0.25, -0.2) is 14.4 Å². The molecule has 1 N–H and O–H groups in total. The van der Waals surface area contributed by atoms with Crippen LogP contribution >= 0.6 is 0 Å². The van der Waals surface area contributed by atoms with Crippen molar-refractivity contribution in [3.8, 4) is 11.4 Å². The molecule has 0 aliphatic heterocycles. The third-order valence-electron chi connectivity index (χ3n) is 3.27. The molecule has 4 heteroatoms. The second-order valence-electron chi connectivity index (χ2n) is 4.62. The molecule has 0 fully saturated rings. The first-order valence-electron chi connectivity index (χ1n) is 6.40. The average Bonchev–Trinajstić information content (AvgIpc) is 2.46. The van der Waals surface area contributed by atoms with Crippen LogP contribution in [-0.2, 0) is 0 Å². The lowest BCUT2D eigenvalue weighted by molar-refractivity contribution is 0.627. The van der Waals surface area contributed by atoms with Crippen LogP contribution in [0.2, 0.25) is 0 Å². The summed E-state index contributed by atoms with van der Waals surface area (Å²) in [5, 5.41) is 4.06. The molecule has 20 heavy (non-hydrogen) atoms. The van der Waals surface area contributed by atoms with E-state index in [4.69, 9.17) is 0 Å². The van der Waals surface area contributed by atoms with Gasteiger partial charge in [0.05, 0.1) is 5.52 Å². The predicted molar refractivity (Wildman–Crippen MR) is 79.2 cm³/mol. The lowest BCUT2D eigenvalue weighted by Gasteiger charge is -2.09. The van der Waals surface area contributed by atoms with Crippen molar-refractivity contribution in [1.29, 1.82) is 0 Å². The van der Waals surface area contributed by atoms with E-state index in [9.17, 15) is 4.39 Å². The largest absolute Gasteiger partial charge is 0.373 e. The van der Waals surface area contributed by atoms with Gasteiger partial charge < -0.3 is 5.32 Å². The topological polar surface area (TPSA) is 37.8 Å². The van der Waals surface area contributed by atoms with Crippen molar-refractivity contribution in [3.63, 3.8) is 0 Å². The molecule has 0 aliphatic rings. The molecule has 0 aliphatic carbocycles. The number of nitrogens with one attached hydrogen (secondary N) is 1. The van der Waals surface area contributed by atoms with Crippen molar-refractivity contribution in [1.82, 2.24) is 9.97 Å². The first-order chi connectivity index (χ1) is 9.69. The number of benzene rings is 2. The van der Waals surface area contributed by atoms with Gasteiger partial charge in [0.2, 0.25) is 0 Å². The van der Waals surface area contributed by atoms with Gasteiger partial charge in [0.15, 0.2) is 5.82 Å². The zero-order chi connectivity index (χ0) is 14.1. The fourth-order valence-corrected chi connectivity index (χ4v) is 2.27. The smallest absolute Gasteiger partial charge is 0.162 e. The molecule has 1 heterocycles. The highest BCUT2D eigenvalue weighted by molar-refractivity contribution is 5.90. The summed E-state index contributed by atoms with van der Waals surface area (Å²) >= 11 is 0. The molecule has 0 unspecified atom stereocenters. The molecule has 0 atom stereocenters. The molecule has 0 saturated carbocycles. The Morgan fingerprint density at radius 3 is 2.60 bits per heavy atom. The van der Waals surface area contributed by atoms with E-state index < -0.39 is 0 Å². The van der Waals surface area contributed by atoms with E-state index in [1.807, 2.05) is 38.2 Å². The van der Waals surface area contributed by atoms with Crippen molar-refractivity contribution in [2.24, 2.45) is 0 Å². The second-order valence-corrected chi connectivity index (χ2v) is 4.62. The summed E-state index contributed by atoms with van der Waals surface area (Å²) in [6, 6.07) is 12.5. The van der Waals surface area contributed by atoms with Gasteiger partial charge in [-0.3, -0.25) is 0 Å². The van der Waals surface area contributed by atoms with Gasteiger partial charge in [0.1, 0.15) is 11.6 Å². The predicted octanol–water partition coefficient (Wildman–Crippen LogP) is 3.79. The normalized spacial score (nSPS) is 10.8. The van der Waals surface area contributed by atoms with Gasteiger partial charge in [0.25, 0.3) is 0 Å². The van der Waals surface area contributed by atoms with Gasteiger partial charge in [-0.2, -0.15) is 0 Å². The van der Waals surface area contributed by atoms with Crippen LogP contribution in [0.1, 0.15) is 5.56 Å². The Kier molecular flexibility index (Phi) is 3.06. The third-order valence-corrected chi connectivity index (χ3v) is 3.27. The Bertz CT molecular complexity index is 784. The van der Waals surface area contributed by atoms with E-state index in [1.165, 1.54) is 12.1 Å². The summed E-state index contributed by atoms with van der Waals surface area (Å²) in [7, 11) is 1.83. The average molecular weight is 267 g/mol. The van der Waals surface area contributed by atoms with E-state index in [0.717, 1.165) is 27.8 Å². The monoisotopic (exact) mass is 267 g/mol. The molecule has 0 amide bonds. The molecular formula is C16H14FN3. The molecule has 0 radical (unpaired) electrons. The number of aromatic nitrogens is 2. The second kappa shape index (κ2) is 4.89. The lowest BCUT2D eigenvalue weighted by atomic mass is 10.1. The number of rotatable bonds is 2. The van der Waals surface area contributed by atoms with Crippen molar-refractivity contribution < 1.29 is 4.39 Å². The van der Waals surface area contributed by atoms with Gasteiger partial charge in [-0.1, -0.05) is 12.1 Å². The van der Waals surface area contributed by atoms with Crippen molar-refractivity contribution in [2.75, 3.05) is 12.4 Å². The summed E-state index contributed by atoms with van der Waals surface area (Å²) in [5.74, 6) is 1.13. The highest BCUT2D eigenvalue weighted by Crippen LogP contribution is 2.26. The SMILES string of the molecule is CNc1nc(-c2ccc(F)cc2C)nc2ccccc12. The number of hydrogen-bond acceptors (Lipinski definition) is 3. The Balaban J connectivity index is 2.26. The number of hydrogen-bond donors (Lipinski definition) is 1. The van der Waals surface area contributed by atoms with Gasteiger partial charge >= 0.3 is 0 Å². The van der Waals surface area contributed by atoms with E-state index in [0.29, 0.717) is 5.82 Å². The van der Waals surface area contributed by atoms with Crippen LogP contribution in [0.25, 0.3) is 22.3 Å². The maximum atomic E-state index is 13.2. The highest BCUT2D eigenvalue weighted by atomic mass is 19.1. The molecule has 100 valence electrons. The summed E-state index contributed by atoms with van der Waals surface area (Å²) in [5.41, 5.74) is 2.53. The first-order valence-corrected chi connectivity index (χ1v) is 6.40. The van der Waals surface area contributed by atoms with Crippen LogP contribution in [0.5, 0.6) is 0 Å². The molecule has 0 saturated heterocycles. The van der Waals surface area contributed by atoms with Gasteiger partial charge in [-0.15, -0.1) is 0 Å². The molecule has 3 aromatic rings. The van der Waals surface area contributed by atoms with Crippen LogP contribution in [-0.4, -0.2) is 17.0 Å². The standard InChI is InChI=1S/C16H14FN3/c1-10-9-11(17)7-8-12(10)16-19-14-6-4-3-5-13(14)15(18-2)20-16/h3-9H,1-2H3,(H,18,19,20). The molecule has 0 spiro atoms. The Labute approximate surface area is 116 Å². The van der Waals surface area contributed by atoms with Crippen molar-refractivity contribution >= 4 is 16.7 Å². The minimum absolute atomic E-state index is 0.249. The number of fused-ring (bicyclic) bond motifs is 1. The van der Waals surface area contributed by atoms with Crippen LogP contribution in [0, 0.1) is 12.7 Å². The molecule has 3 rings (SSSR count). The maximum absolute atomic E-state index is 13.2. The fraction of sp³-hybridized carbons (Fsp3) is 0.125. The van der Waals surface area contributed by atoms with E-state index in [-0.39, 0.29) is 5.82 Å². The summed E-state index contributed by atoms with van der Waals surface area (Å²) in [4.78, 5) is 9.11. The quantitative estimate of drug-likeness (QED) is 0.767. The fourth-order valence-electron chi connectivity index (χ4n) is 2.27. The van der Waals surface area contributed by atoms with Crippen LogP contribution in [0.3, 0.4) is 0 Å². The maximum Gasteiger partial charge on any atom is 0.162 e. The Hall–Kier alpha value is -2.49. The van der Waals surface area contributed by atoms with E-state index >= 15 is 0 Å². The molecule has 3 nitrogen and oxygen atoms in total. The Morgan fingerprint density at radius 2 is 1.85 bits per heavy atom. The molecular weight excluding hydrogens is 253 g/mol. The third kappa shape index (κ3) is 2.09. The number of nitrogens with zero attached hydrogens (tertiary/aromatic N) is 2. The zero-order valence-corrected chi connectivity index (χ0v) is 11.3. The van der Waals surface area contributed by atoms with Crippen molar-refractivity contribution in [2.45, 2.75) is 6.92 Å². The number of aryl methyl sites for hydroxylation is 1. The molecule has 1 aromatic heterocycles. The zero-order valence-electron chi connectivity index (χ0n) is 11.3. The van der Waals surface area contributed by atoms with Crippen LogP contribution in [0.4, 0.5) is 10.2 Å².